The molecule has 0 spiro atoms. The number of benzene rings is 1. The number of thiazole rings is 1. The molecule has 1 aliphatic heterocycles. The summed E-state index contributed by atoms with van der Waals surface area (Å²) in [7, 11) is 0. The van der Waals surface area contributed by atoms with E-state index in [9.17, 15) is 4.79 Å². The summed E-state index contributed by atoms with van der Waals surface area (Å²) in [4.78, 5) is 19.8. The average Bonchev–Trinajstić information content (AvgIpc) is 3.14. The van der Waals surface area contributed by atoms with E-state index in [1.807, 2.05) is 29.2 Å². The first-order valence-electron chi connectivity index (χ1n) is 10.1. The molecule has 28 heavy (non-hydrogen) atoms. The lowest BCUT2D eigenvalue weighted by molar-refractivity contribution is -0.126. The quantitative estimate of drug-likeness (QED) is 0.557. The lowest BCUT2D eigenvalue weighted by Gasteiger charge is -2.21. The number of amides is 1. The standard InChI is InChI=1S/C23H25N3OS/c1-15-14-17(16(2)26(15)18-10-11-18)9-12-22(27)25-13-5-7-20(25)23-24-19-6-3-4-8-21(19)28-23/h3-4,6,8-9,12,14,18,20H,5,7,10-11,13H2,1-2H3. The Balaban J connectivity index is 1.37. The SMILES string of the molecule is Cc1cc(C=CC(=O)N2CCCC2c2nc3ccccc3s2)c(C)n1C1CC1. The Labute approximate surface area is 169 Å². The molecule has 1 unspecified atom stereocenters. The van der Waals surface area contributed by atoms with Gasteiger partial charge in [0.1, 0.15) is 5.01 Å². The van der Waals surface area contributed by atoms with Gasteiger partial charge in [0.15, 0.2) is 0 Å². The maximum absolute atomic E-state index is 13.0. The second kappa shape index (κ2) is 6.89. The fraction of sp³-hybridized carbons (Fsp3) is 0.391. The smallest absolute Gasteiger partial charge is 0.247 e. The van der Waals surface area contributed by atoms with Crippen LogP contribution in [-0.4, -0.2) is 26.9 Å². The van der Waals surface area contributed by atoms with Crippen LogP contribution < -0.4 is 0 Å². The van der Waals surface area contributed by atoms with E-state index in [-0.39, 0.29) is 11.9 Å². The summed E-state index contributed by atoms with van der Waals surface area (Å²) in [5.41, 5.74) is 4.76. The fourth-order valence-electron chi connectivity index (χ4n) is 4.44. The number of rotatable bonds is 4. The topological polar surface area (TPSA) is 38.1 Å². The predicted molar refractivity (Wildman–Crippen MR) is 115 cm³/mol. The van der Waals surface area contributed by atoms with Gasteiger partial charge in [0.05, 0.1) is 16.3 Å². The van der Waals surface area contributed by atoms with Crippen LogP contribution >= 0.6 is 11.3 Å². The van der Waals surface area contributed by atoms with Crippen molar-refractivity contribution >= 4 is 33.5 Å². The van der Waals surface area contributed by atoms with Crippen molar-refractivity contribution in [3.63, 3.8) is 0 Å². The summed E-state index contributed by atoms with van der Waals surface area (Å²) in [6, 6.07) is 11.2. The summed E-state index contributed by atoms with van der Waals surface area (Å²) in [6.45, 7) is 5.13. The molecule has 1 amide bonds. The van der Waals surface area contributed by atoms with Gasteiger partial charge >= 0.3 is 0 Å². The molecule has 1 saturated carbocycles. The van der Waals surface area contributed by atoms with Gasteiger partial charge in [-0.3, -0.25) is 4.79 Å². The molecule has 2 aliphatic rings. The Morgan fingerprint density at radius 3 is 2.82 bits per heavy atom. The number of fused-ring (bicyclic) bond motifs is 1. The second-order valence-corrected chi connectivity index (χ2v) is 9.03. The predicted octanol–water partition coefficient (Wildman–Crippen LogP) is 5.43. The Bertz CT molecular complexity index is 1040. The van der Waals surface area contributed by atoms with E-state index in [0.717, 1.165) is 35.5 Å². The molecule has 144 valence electrons. The zero-order chi connectivity index (χ0) is 19.3. The highest BCUT2D eigenvalue weighted by Gasteiger charge is 2.31. The zero-order valence-electron chi connectivity index (χ0n) is 16.4. The molecule has 2 fully saturated rings. The number of hydrogen-bond donors (Lipinski definition) is 0. The van der Waals surface area contributed by atoms with Gasteiger partial charge in [-0.25, -0.2) is 4.98 Å². The first-order chi connectivity index (χ1) is 13.6. The summed E-state index contributed by atoms with van der Waals surface area (Å²) in [5.74, 6) is 0.0954. The number of para-hydroxylation sites is 1. The average molecular weight is 392 g/mol. The normalized spacial score (nSPS) is 19.9. The van der Waals surface area contributed by atoms with E-state index in [4.69, 9.17) is 4.98 Å². The van der Waals surface area contributed by atoms with Crippen molar-refractivity contribution in [2.75, 3.05) is 6.54 Å². The zero-order valence-corrected chi connectivity index (χ0v) is 17.2. The molecule has 5 heteroatoms. The maximum Gasteiger partial charge on any atom is 0.247 e. The molecule has 0 radical (unpaired) electrons. The van der Waals surface area contributed by atoms with Crippen molar-refractivity contribution in [2.24, 2.45) is 0 Å². The molecule has 1 atom stereocenters. The van der Waals surface area contributed by atoms with Crippen LogP contribution in [0.1, 0.15) is 59.7 Å². The third-order valence-electron chi connectivity index (χ3n) is 5.97. The number of aryl methyl sites for hydroxylation is 1. The number of nitrogens with zero attached hydrogens (tertiary/aromatic N) is 3. The molecule has 2 aromatic heterocycles. The van der Waals surface area contributed by atoms with Gasteiger partial charge in [-0.1, -0.05) is 12.1 Å². The van der Waals surface area contributed by atoms with Crippen LogP contribution in [0.5, 0.6) is 0 Å². The van der Waals surface area contributed by atoms with Gasteiger partial charge in [-0.15, -0.1) is 11.3 Å². The number of hydrogen-bond acceptors (Lipinski definition) is 3. The fourth-order valence-corrected chi connectivity index (χ4v) is 5.56. The van der Waals surface area contributed by atoms with Gasteiger partial charge in [0, 0.05) is 30.1 Å². The number of likely N-dealkylation sites (tertiary alicyclic amines) is 1. The summed E-state index contributed by atoms with van der Waals surface area (Å²) < 4.78 is 3.61. The molecule has 1 aliphatic carbocycles. The first kappa shape index (κ1) is 17.7. The molecular weight excluding hydrogens is 366 g/mol. The van der Waals surface area contributed by atoms with Crippen LogP contribution in [0.2, 0.25) is 0 Å². The third kappa shape index (κ3) is 3.08. The highest BCUT2D eigenvalue weighted by molar-refractivity contribution is 7.18. The van der Waals surface area contributed by atoms with Gasteiger partial charge in [-0.05, 0) is 69.4 Å². The van der Waals surface area contributed by atoms with E-state index in [0.29, 0.717) is 6.04 Å². The van der Waals surface area contributed by atoms with Crippen LogP contribution in [0.3, 0.4) is 0 Å². The van der Waals surface area contributed by atoms with E-state index in [1.165, 1.54) is 28.9 Å². The van der Waals surface area contributed by atoms with Gasteiger partial charge in [0.25, 0.3) is 0 Å². The molecule has 5 rings (SSSR count). The molecule has 0 bridgehead atoms. The Kier molecular flexibility index (Phi) is 4.35. The van der Waals surface area contributed by atoms with E-state index >= 15 is 0 Å². The van der Waals surface area contributed by atoms with Crippen LogP contribution in [0, 0.1) is 13.8 Å². The molecule has 1 saturated heterocycles. The molecule has 3 aromatic rings. The minimum absolute atomic E-state index is 0.0954. The van der Waals surface area contributed by atoms with Crippen molar-refractivity contribution in [2.45, 2.75) is 51.6 Å². The van der Waals surface area contributed by atoms with Crippen molar-refractivity contribution in [3.8, 4) is 0 Å². The first-order valence-corrected chi connectivity index (χ1v) is 11.0. The van der Waals surface area contributed by atoms with Crippen molar-refractivity contribution < 1.29 is 4.79 Å². The highest BCUT2D eigenvalue weighted by Crippen LogP contribution is 2.39. The van der Waals surface area contributed by atoms with Crippen molar-refractivity contribution in [3.05, 3.63) is 58.4 Å². The Hall–Kier alpha value is -2.40. The molecular formula is C23H25N3OS. The minimum atomic E-state index is 0.0954. The molecule has 1 aromatic carbocycles. The summed E-state index contributed by atoms with van der Waals surface area (Å²) in [5, 5.41) is 1.06. The summed E-state index contributed by atoms with van der Waals surface area (Å²) >= 11 is 1.72. The van der Waals surface area contributed by atoms with Crippen molar-refractivity contribution in [1.29, 1.82) is 0 Å². The second-order valence-electron chi connectivity index (χ2n) is 7.97. The van der Waals surface area contributed by atoms with Crippen molar-refractivity contribution in [1.82, 2.24) is 14.5 Å². The van der Waals surface area contributed by atoms with Crippen LogP contribution in [0.15, 0.2) is 36.4 Å². The van der Waals surface area contributed by atoms with Gasteiger partial charge in [-0.2, -0.15) is 0 Å². The van der Waals surface area contributed by atoms with E-state index < -0.39 is 0 Å². The lowest BCUT2D eigenvalue weighted by atomic mass is 10.2. The highest BCUT2D eigenvalue weighted by atomic mass is 32.1. The molecule has 3 heterocycles. The maximum atomic E-state index is 13.0. The monoisotopic (exact) mass is 391 g/mol. The van der Waals surface area contributed by atoms with E-state index in [1.54, 1.807) is 17.4 Å². The Morgan fingerprint density at radius 2 is 2.04 bits per heavy atom. The van der Waals surface area contributed by atoms with Gasteiger partial charge < -0.3 is 9.47 Å². The van der Waals surface area contributed by atoms with E-state index in [2.05, 4.69) is 30.5 Å². The summed E-state index contributed by atoms with van der Waals surface area (Å²) in [6.07, 6.45) is 8.33. The molecule has 4 nitrogen and oxygen atoms in total. The van der Waals surface area contributed by atoms with Crippen LogP contribution in [0.25, 0.3) is 16.3 Å². The molecule has 0 N–H and O–H groups in total. The number of carbonyl (C=O) groups is 1. The third-order valence-corrected chi connectivity index (χ3v) is 7.11. The number of aromatic nitrogens is 2. The van der Waals surface area contributed by atoms with Crippen LogP contribution in [0.4, 0.5) is 0 Å². The minimum Gasteiger partial charge on any atom is -0.346 e. The largest absolute Gasteiger partial charge is 0.346 e. The number of carbonyl (C=O) groups excluding carboxylic acids is 1. The lowest BCUT2D eigenvalue weighted by Crippen LogP contribution is -2.28. The van der Waals surface area contributed by atoms with Crippen LogP contribution in [-0.2, 0) is 4.79 Å². The van der Waals surface area contributed by atoms with Gasteiger partial charge in [0.2, 0.25) is 5.91 Å². The Morgan fingerprint density at radius 1 is 1.21 bits per heavy atom.